The minimum Gasteiger partial charge on any atom is -0.285 e. The molecule has 2 nitrogen and oxygen atoms in total. The van der Waals surface area contributed by atoms with Gasteiger partial charge in [-0.2, -0.15) is 0 Å². The SMILES string of the molecule is Cc1ccc2c(c1)COS(=O)C2. The van der Waals surface area contributed by atoms with Gasteiger partial charge in [-0.3, -0.25) is 4.18 Å². The molecule has 1 aliphatic rings. The fourth-order valence-corrected chi connectivity index (χ4v) is 2.21. The van der Waals surface area contributed by atoms with Crippen LogP contribution in [-0.2, 0) is 27.6 Å². The lowest BCUT2D eigenvalue weighted by atomic mass is 10.1. The third-order valence-electron chi connectivity index (χ3n) is 1.98. The minimum atomic E-state index is -1.11. The van der Waals surface area contributed by atoms with Crippen molar-refractivity contribution in [3.8, 4) is 0 Å². The molecular weight excluding hydrogens is 172 g/mol. The molecule has 0 bridgehead atoms. The van der Waals surface area contributed by atoms with Crippen LogP contribution in [0.3, 0.4) is 0 Å². The van der Waals surface area contributed by atoms with E-state index in [-0.39, 0.29) is 0 Å². The van der Waals surface area contributed by atoms with Gasteiger partial charge in [0.15, 0.2) is 11.1 Å². The predicted molar refractivity (Wildman–Crippen MR) is 47.8 cm³/mol. The van der Waals surface area contributed by atoms with E-state index in [1.54, 1.807) is 0 Å². The summed E-state index contributed by atoms with van der Waals surface area (Å²) in [7, 11) is 0. The Labute approximate surface area is 74.2 Å². The summed E-state index contributed by atoms with van der Waals surface area (Å²) in [6.07, 6.45) is 0. The first-order valence-electron chi connectivity index (χ1n) is 3.86. The molecule has 1 aliphatic heterocycles. The van der Waals surface area contributed by atoms with Crippen molar-refractivity contribution in [1.29, 1.82) is 0 Å². The van der Waals surface area contributed by atoms with Crippen LogP contribution >= 0.6 is 0 Å². The van der Waals surface area contributed by atoms with Crippen LogP contribution in [0.5, 0.6) is 0 Å². The molecule has 1 heterocycles. The van der Waals surface area contributed by atoms with E-state index in [0.29, 0.717) is 12.4 Å². The molecule has 1 unspecified atom stereocenters. The lowest BCUT2D eigenvalue weighted by Crippen LogP contribution is -2.10. The van der Waals surface area contributed by atoms with Crippen molar-refractivity contribution in [2.75, 3.05) is 0 Å². The lowest BCUT2D eigenvalue weighted by molar-refractivity contribution is 0.327. The van der Waals surface area contributed by atoms with E-state index in [1.807, 2.05) is 19.1 Å². The van der Waals surface area contributed by atoms with Crippen molar-refractivity contribution in [2.45, 2.75) is 19.3 Å². The third kappa shape index (κ3) is 1.42. The van der Waals surface area contributed by atoms with Crippen molar-refractivity contribution in [3.05, 3.63) is 34.9 Å². The first-order valence-corrected chi connectivity index (χ1v) is 5.10. The van der Waals surface area contributed by atoms with Crippen LogP contribution in [0.25, 0.3) is 0 Å². The highest BCUT2D eigenvalue weighted by Gasteiger charge is 2.14. The Morgan fingerprint density at radius 3 is 3.08 bits per heavy atom. The summed E-state index contributed by atoms with van der Waals surface area (Å²) in [6.45, 7) is 2.54. The Hall–Kier alpha value is -0.670. The average molecular weight is 182 g/mol. The van der Waals surface area contributed by atoms with Crippen LogP contribution in [-0.4, -0.2) is 4.21 Å². The minimum absolute atomic E-state index is 0.490. The second-order valence-corrected chi connectivity index (χ2v) is 4.11. The Kier molecular flexibility index (Phi) is 1.98. The van der Waals surface area contributed by atoms with Crippen LogP contribution in [0.1, 0.15) is 16.7 Å². The highest BCUT2D eigenvalue weighted by atomic mass is 32.2. The van der Waals surface area contributed by atoms with Gasteiger partial charge < -0.3 is 0 Å². The molecule has 0 N–H and O–H groups in total. The maximum Gasteiger partial charge on any atom is 0.160 e. The Bertz CT molecular complexity index is 333. The monoisotopic (exact) mass is 182 g/mol. The number of benzene rings is 1. The number of aryl methyl sites for hydroxylation is 1. The van der Waals surface area contributed by atoms with Crippen LogP contribution < -0.4 is 0 Å². The van der Waals surface area contributed by atoms with E-state index in [0.717, 1.165) is 5.56 Å². The molecule has 0 aromatic heterocycles. The summed E-state index contributed by atoms with van der Waals surface area (Å²) in [4.78, 5) is 0. The molecule has 3 heteroatoms. The Morgan fingerprint density at radius 2 is 2.25 bits per heavy atom. The van der Waals surface area contributed by atoms with Gasteiger partial charge in [-0.15, -0.1) is 0 Å². The largest absolute Gasteiger partial charge is 0.285 e. The van der Waals surface area contributed by atoms with Crippen molar-refractivity contribution in [1.82, 2.24) is 0 Å². The zero-order valence-corrected chi connectivity index (χ0v) is 7.69. The van der Waals surface area contributed by atoms with E-state index in [4.69, 9.17) is 4.18 Å². The molecule has 64 valence electrons. The molecule has 0 aliphatic carbocycles. The molecule has 0 spiro atoms. The summed E-state index contributed by atoms with van der Waals surface area (Å²) >= 11 is -1.11. The zero-order valence-electron chi connectivity index (χ0n) is 6.87. The van der Waals surface area contributed by atoms with E-state index in [2.05, 4.69) is 6.07 Å². The van der Waals surface area contributed by atoms with Crippen molar-refractivity contribution < 1.29 is 8.39 Å². The predicted octanol–water partition coefficient (Wildman–Crippen LogP) is 1.69. The second kappa shape index (κ2) is 2.99. The second-order valence-electron chi connectivity index (χ2n) is 2.98. The first kappa shape index (κ1) is 7.95. The number of hydrogen-bond acceptors (Lipinski definition) is 2. The van der Waals surface area contributed by atoms with Crippen LogP contribution in [0.2, 0.25) is 0 Å². The molecule has 0 fully saturated rings. The zero-order chi connectivity index (χ0) is 8.55. The van der Waals surface area contributed by atoms with E-state index >= 15 is 0 Å². The van der Waals surface area contributed by atoms with Gasteiger partial charge in [0, 0.05) is 0 Å². The quantitative estimate of drug-likeness (QED) is 0.610. The summed E-state index contributed by atoms with van der Waals surface area (Å²) < 4.78 is 16.0. The van der Waals surface area contributed by atoms with Gasteiger partial charge in [-0.25, -0.2) is 4.21 Å². The normalized spacial score (nSPS) is 21.9. The summed E-state index contributed by atoms with van der Waals surface area (Å²) in [6, 6.07) is 6.16. The molecule has 1 atom stereocenters. The summed E-state index contributed by atoms with van der Waals surface area (Å²) in [5, 5.41) is 0. The van der Waals surface area contributed by atoms with Crippen LogP contribution in [0.4, 0.5) is 0 Å². The molecular formula is C9H10O2S. The summed E-state index contributed by atoms with van der Waals surface area (Å²) in [5.74, 6) is 0.537. The number of rotatable bonds is 0. The summed E-state index contributed by atoms with van der Waals surface area (Å²) in [5.41, 5.74) is 3.56. The van der Waals surface area contributed by atoms with E-state index in [9.17, 15) is 4.21 Å². The van der Waals surface area contributed by atoms with Gasteiger partial charge in [0.1, 0.15) is 0 Å². The fourth-order valence-electron chi connectivity index (χ4n) is 1.33. The average Bonchev–Trinajstić information content (AvgIpc) is 2.05. The molecule has 12 heavy (non-hydrogen) atoms. The highest BCUT2D eigenvalue weighted by Crippen LogP contribution is 2.20. The van der Waals surface area contributed by atoms with Crippen molar-refractivity contribution in [2.24, 2.45) is 0 Å². The van der Waals surface area contributed by atoms with E-state index < -0.39 is 11.1 Å². The van der Waals surface area contributed by atoms with Crippen LogP contribution in [0.15, 0.2) is 18.2 Å². The van der Waals surface area contributed by atoms with Gasteiger partial charge in [0.05, 0.1) is 12.4 Å². The van der Waals surface area contributed by atoms with Crippen LogP contribution in [0, 0.1) is 6.92 Å². The third-order valence-corrected chi connectivity index (χ3v) is 2.91. The van der Waals surface area contributed by atoms with E-state index in [1.165, 1.54) is 11.1 Å². The molecule has 0 amide bonds. The molecule has 2 rings (SSSR count). The smallest absolute Gasteiger partial charge is 0.160 e. The van der Waals surface area contributed by atoms with Gasteiger partial charge >= 0.3 is 0 Å². The van der Waals surface area contributed by atoms with Crippen molar-refractivity contribution >= 4 is 11.1 Å². The molecule has 0 saturated carbocycles. The maximum atomic E-state index is 11.0. The molecule has 1 aromatic carbocycles. The number of hydrogen-bond donors (Lipinski definition) is 0. The number of fused-ring (bicyclic) bond motifs is 1. The molecule has 1 aromatic rings. The molecule has 0 radical (unpaired) electrons. The standard InChI is InChI=1S/C9H10O2S/c1-7-2-3-8-6-12(10)11-5-9(8)4-7/h2-4H,5-6H2,1H3. The Balaban J connectivity index is 2.43. The molecule has 0 saturated heterocycles. The lowest BCUT2D eigenvalue weighted by Gasteiger charge is -2.15. The van der Waals surface area contributed by atoms with Gasteiger partial charge in [-0.1, -0.05) is 23.8 Å². The Morgan fingerprint density at radius 1 is 1.42 bits per heavy atom. The van der Waals surface area contributed by atoms with Gasteiger partial charge in [0.25, 0.3) is 0 Å². The van der Waals surface area contributed by atoms with Crippen molar-refractivity contribution in [3.63, 3.8) is 0 Å². The highest BCUT2D eigenvalue weighted by molar-refractivity contribution is 7.79. The maximum absolute atomic E-state index is 11.0. The first-order chi connectivity index (χ1) is 5.75. The fraction of sp³-hybridized carbons (Fsp3) is 0.333. The van der Waals surface area contributed by atoms with Gasteiger partial charge in [0.2, 0.25) is 0 Å². The topological polar surface area (TPSA) is 26.3 Å². The van der Waals surface area contributed by atoms with Gasteiger partial charge in [-0.05, 0) is 18.1 Å².